The van der Waals surface area contributed by atoms with E-state index in [1.807, 2.05) is 24.3 Å². The van der Waals surface area contributed by atoms with Gasteiger partial charge >= 0.3 is 0 Å². The van der Waals surface area contributed by atoms with Gasteiger partial charge in [0.05, 0.1) is 0 Å². The summed E-state index contributed by atoms with van der Waals surface area (Å²) in [5.41, 5.74) is 1.19. The molecule has 1 heterocycles. The smallest absolute Gasteiger partial charge is 0.244 e. The Morgan fingerprint density at radius 1 is 1.43 bits per heavy atom. The Balaban J connectivity index is 1.83. The molecule has 0 spiro atoms. The van der Waals surface area contributed by atoms with Crippen molar-refractivity contribution in [2.45, 2.75) is 32.7 Å². The molecular weight excluding hydrogens is 284 g/mol. The van der Waals surface area contributed by atoms with Gasteiger partial charge in [-0.05, 0) is 48.6 Å². The first-order chi connectivity index (χ1) is 9.97. The molecule has 0 bridgehead atoms. The number of carbonyl (C=O) groups excluding carboxylic acids is 1. The lowest BCUT2D eigenvalue weighted by atomic mass is 9.77. The quantitative estimate of drug-likeness (QED) is 0.838. The summed E-state index contributed by atoms with van der Waals surface area (Å²) in [6.07, 6.45) is 5.76. The Hall–Kier alpha value is -1.32. The van der Waals surface area contributed by atoms with Gasteiger partial charge in [0.1, 0.15) is 0 Å². The third-order valence-electron chi connectivity index (χ3n) is 4.11. The van der Waals surface area contributed by atoms with Crippen LogP contribution in [0.25, 0.3) is 6.08 Å². The van der Waals surface area contributed by atoms with Crippen molar-refractivity contribution in [1.29, 1.82) is 0 Å². The van der Waals surface area contributed by atoms with Crippen molar-refractivity contribution in [3.8, 4) is 0 Å². The largest absolute Gasteiger partial charge is 0.351 e. The van der Waals surface area contributed by atoms with Crippen LogP contribution >= 0.6 is 11.6 Å². The number of amides is 1. The van der Waals surface area contributed by atoms with Crippen molar-refractivity contribution in [1.82, 2.24) is 10.6 Å². The van der Waals surface area contributed by atoms with E-state index in [2.05, 4.69) is 24.5 Å². The van der Waals surface area contributed by atoms with Gasteiger partial charge in [0, 0.05) is 23.7 Å². The van der Waals surface area contributed by atoms with Crippen LogP contribution in [0.2, 0.25) is 5.02 Å². The van der Waals surface area contributed by atoms with Crippen LogP contribution < -0.4 is 10.6 Å². The molecule has 3 nitrogen and oxygen atoms in total. The third kappa shape index (κ3) is 4.87. The monoisotopic (exact) mass is 306 g/mol. The van der Waals surface area contributed by atoms with E-state index in [0.717, 1.165) is 12.1 Å². The van der Waals surface area contributed by atoms with E-state index in [0.29, 0.717) is 17.6 Å². The SMILES string of the molecule is CC1(C)CCCNC1CNC(=O)/C=C/c1ccc(Cl)cc1. The zero-order valence-corrected chi connectivity index (χ0v) is 13.4. The number of hydrogen-bond donors (Lipinski definition) is 2. The van der Waals surface area contributed by atoms with Crippen molar-refractivity contribution in [3.63, 3.8) is 0 Å². The van der Waals surface area contributed by atoms with Gasteiger partial charge < -0.3 is 10.6 Å². The van der Waals surface area contributed by atoms with Crippen LogP contribution in [0.1, 0.15) is 32.3 Å². The lowest BCUT2D eigenvalue weighted by molar-refractivity contribution is -0.116. The zero-order valence-electron chi connectivity index (χ0n) is 12.7. The number of hydrogen-bond acceptors (Lipinski definition) is 2. The number of rotatable bonds is 4. The van der Waals surface area contributed by atoms with Crippen molar-refractivity contribution in [2.75, 3.05) is 13.1 Å². The van der Waals surface area contributed by atoms with Gasteiger partial charge in [-0.3, -0.25) is 4.79 Å². The van der Waals surface area contributed by atoms with E-state index in [9.17, 15) is 4.79 Å². The first-order valence-corrected chi connectivity index (χ1v) is 7.80. The maximum absolute atomic E-state index is 11.9. The molecule has 2 N–H and O–H groups in total. The Labute approximate surface area is 131 Å². The molecule has 1 fully saturated rings. The van der Waals surface area contributed by atoms with Gasteiger partial charge in [0.15, 0.2) is 0 Å². The molecule has 1 aromatic carbocycles. The predicted molar refractivity (Wildman–Crippen MR) is 88.3 cm³/mol. The van der Waals surface area contributed by atoms with Gasteiger partial charge in [0.2, 0.25) is 5.91 Å². The van der Waals surface area contributed by atoms with Gasteiger partial charge in [0.25, 0.3) is 0 Å². The number of nitrogens with one attached hydrogen (secondary N) is 2. The summed E-state index contributed by atoms with van der Waals surface area (Å²) in [5.74, 6) is -0.0619. The molecule has 1 saturated heterocycles. The highest BCUT2D eigenvalue weighted by molar-refractivity contribution is 6.30. The first kappa shape index (κ1) is 16.1. The van der Waals surface area contributed by atoms with Gasteiger partial charge in [-0.25, -0.2) is 0 Å². The molecular formula is C17H23ClN2O. The van der Waals surface area contributed by atoms with Crippen molar-refractivity contribution < 1.29 is 4.79 Å². The van der Waals surface area contributed by atoms with E-state index in [1.54, 1.807) is 12.2 Å². The molecule has 1 aliphatic rings. The summed E-state index contributed by atoms with van der Waals surface area (Å²) in [6, 6.07) is 7.73. The second-order valence-electron chi connectivity index (χ2n) is 6.23. The zero-order chi connectivity index (χ0) is 15.3. The molecule has 1 atom stereocenters. The molecule has 21 heavy (non-hydrogen) atoms. The number of piperidine rings is 1. The lowest BCUT2D eigenvalue weighted by Gasteiger charge is -2.39. The van der Waals surface area contributed by atoms with Crippen LogP contribution in [0, 0.1) is 5.41 Å². The van der Waals surface area contributed by atoms with Crippen LogP contribution in [0.4, 0.5) is 0 Å². The van der Waals surface area contributed by atoms with Crippen LogP contribution in [0.3, 0.4) is 0 Å². The normalized spacial score (nSPS) is 21.4. The van der Waals surface area contributed by atoms with Crippen LogP contribution in [-0.4, -0.2) is 25.0 Å². The van der Waals surface area contributed by atoms with E-state index in [4.69, 9.17) is 11.6 Å². The summed E-state index contributed by atoms with van der Waals surface area (Å²) in [7, 11) is 0. The molecule has 4 heteroatoms. The topological polar surface area (TPSA) is 41.1 Å². The number of halogens is 1. The molecule has 0 aliphatic carbocycles. The summed E-state index contributed by atoms with van der Waals surface area (Å²) in [5, 5.41) is 7.16. The molecule has 2 rings (SSSR count). The van der Waals surface area contributed by atoms with E-state index in [-0.39, 0.29) is 11.3 Å². The average molecular weight is 307 g/mol. The highest BCUT2D eigenvalue weighted by Crippen LogP contribution is 2.29. The standard InChI is InChI=1S/C17H23ClN2O/c1-17(2)10-3-11-19-15(17)12-20-16(21)9-6-13-4-7-14(18)8-5-13/h4-9,15,19H,3,10-12H2,1-2H3,(H,20,21)/b9-6+. The third-order valence-corrected chi connectivity index (χ3v) is 4.36. The van der Waals surface area contributed by atoms with Crippen molar-refractivity contribution in [2.24, 2.45) is 5.41 Å². The summed E-state index contributed by atoms with van der Waals surface area (Å²) in [6.45, 7) is 6.19. The second-order valence-corrected chi connectivity index (χ2v) is 6.67. The Kier molecular flexibility index (Phi) is 5.43. The number of carbonyl (C=O) groups is 1. The molecule has 1 unspecified atom stereocenters. The molecule has 1 aromatic rings. The maximum atomic E-state index is 11.9. The fourth-order valence-electron chi connectivity index (χ4n) is 2.63. The Morgan fingerprint density at radius 3 is 2.81 bits per heavy atom. The van der Waals surface area contributed by atoms with E-state index < -0.39 is 0 Å². The van der Waals surface area contributed by atoms with E-state index >= 15 is 0 Å². The minimum absolute atomic E-state index is 0.0619. The van der Waals surface area contributed by atoms with Gasteiger partial charge in [-0.15, -0.1) is 0 Å². The molecule has 1 aliphatic heterocycles. The fourth-order valence-corrected chi connectivity index (χ4v) is 2.75. The Morgan fingerprint density at radius 2 is 2.14 bits per heavy atom. The predicted octanol–water partition coefficient (Wildman–Crippen LogP) is 3.25. The highest BCUT2D eigenvalue weighted by Gasteiger charge is 2.31. The average Bonchev–Trinajstić information content (AvgIpc) is 2.45. The van der Waals surface area contributed by atoms with Crippen LogP contribution in [0.15, 0.2) is 30.3 Å². The van der Waals surface area contributed by atoms with Crippen LogP contribution in [0.5, 0.6) is 0 Å². The van der Waals surface area contributed by atoms with Crippen LogP contribution in [-0.2, 0) is 4.79 Å². The molecule has 1 amide bonds. The summed E-state index contributed by atoms with van der Waals surface area (Å²) >= 11 is 5.83. The van der Waals surface area contributed by atoms with Gasteiger partial charge in [-0.2, -0.15) is 0 Å². The summed E-state index contributed by atoms with van der Waals surface area (Å²) in [4.78, 5) is 11.9. The van der Waals surface area contributed by atoms with Crippen molar-refractivity contribution >= 4 is 23.6 Å². The minimum Gasteiger partial charge on any atom is -0.351 e. The molecule has 114 valence electrons. The first-order valence-electron chi connectivity index (χ1n) is 7.42. The highest BCUT2D eigenvalue weighted by atomic mass is 35.5. The van der Waals surface area contributed by atoms with Gasteiger partial charge in [-0.1, -0.05) is 37.6 Å². The number of benzene rings is 1. The fraction of sp³-hybridized carbons (Fsp3) is 0.471. The Bertz CT molecular complexity index is 508. The maximum Gasteiger partial charge on any atom is 0.244 e. The molecule has 0 radical (unpaired) electrons. The minimum atomic E-state index is -0.0619. The molecule has 0 aromatic heterocycles. The van der Waals surface area contributed by atoms with E-state index in [1.165, 1.54) is 12.8 Å². The van der Waals surface area contributed by atoms with Crippen molar-refractivity contribution in [3.05, 3.63) is 40.9 Å². The second kappa shape index (κ2) is 7.10. The summed E-state index contributed by atoms with van der Waals surface area (Å²) < 4.78 is 0. The molecule has 0 saturated carbocycles. The lowest BCUT2D eigenvalue weighted by Crippen LogP contribution is -2.52.